The van der Waals surface area contributed by atoms with Gasteiger partial charge in [-0.1, -0.05) is 59.7 Å². The topological polar surface area (TPSA) is 55.4 Å². The zero-order valence-electron chi connectivity index (χ0n) is 15.0. The fraction of sp³-hybridized carbons (Fsp3) is 0.333. The summed E-state index contributed by atoms with van der Waals surface area (Å²) in [4.78, 5) is 23.7. The molecule has 0 fully saturated rings. The monoisotopic (exact) mass is 339 g/mol. The van der Waals surface area contributed by atoms with E-state index in [9.17, 15) is 9.59 Å². The minimum atomic E-state index is -0.418. The van der Waals surface area contributed by atoms with Gasteiger partial charge in [-0.2, -0.15) is 0 Å². The number of benzene rings is 2. The minimum Gasteiger partial charge on any atom is -0.465 e. The first-order chi connectivity index (χ1) is 12.0. The summed E-state index contributed by atoms with van der Waals surface area (Å²) in [6, 6.07) is 16.4. The normalized spacial score (nSPS) is 10.6. The summed E-state index contributed by atoms with van der Waals surface area (Å²) in [5.74, 6) is -0.638. The lowest BCUT2D eigenvalue weighted by atomic mass is 9.87. The Morgan fingerprint density at radius 1 is 0.920 bits per heavy atom. The van der Waals surface area contributed by atoms with Gasteiger partial charge in [-0.25, -0.2) is 0 Å². The molecule has 0 unspecified atom stereocenters. The van der Waals surface area contributed by atoms with Gasteiger partial charge in [-0.3, -0.25) is 9.59 Å². The molecule has 0 saturated heterocycles. The maximum Gasteiger partial charge on any atom is 0.325 e. The quantitative estimate of drug-likeness (QED) is 0.786. The summed E-state index contributed by atoms with van der Waals surface area (Å²) in [5, 5.41) is 2.65. The summed E-state index contributed by atoms with van der Waals surface area (Å²) in [7, 11) is 0. The number of aryl methyl sites for hydroxylation is 2. The molecule has 0 bridgehead atoms. The lowest BCUT2D eigenvalue weighted by molar-refractivity contribution is -0.143. The number of hydrogen-bond donors (Lipinski definition) is 1. The highest BCUT2D eigenvalue weighted by Crippen LogP contribution is 2.28. The predicted molar refractivity (Wildman–Crippen MR) is 98.5 cm³/mol. The van der Waals surface area contributed by atoms with Crippen LogP contribution in [0, 0.1) is 13.8 Å². The van der Waals surface area contributed by atoms with Crippen molar-refractivity contribution in [2.75, 3.05) is 13.2 Å². The molecule has 0 heterocycles. The molecule has 0 radical (unpaired) electrons. The van der Waals surface area contributed by atoms with E-state index in [1.807, 2.05) is 38.1 Å². The van der Waals surface area contributed by atoms with Crippen LogP contribution in [0.2, 0.25) is 0 Å². The molecule has 0 aliphatic rings. The molecule has 0 aromatic heterocycles. The molecule has 0 atom stereocenters. The van der Waals surface area contributed by atoms with Crippen molar-refractivity contribution in [3.8, 4) is 0 Å². The first kappa shape index (κ1) is 18.7. The zero-order chi connectivity index (χ0) is 18.2. The van der Waals surface area contributed by atoms with Crippen molar-refractivity contribution in [2.45, 2.75) is 33.1 Å². The number of esters is 1. The number of carbonyl (C=O) groups excluding carboxylic acids is 2. The molecule has 4 nitrogen and oxygen atoms in total. The van der Waals surface area contributed by atoms with Crippen molar-refractivity contribution >= 4 is 11.9 Å². The van der Waals surface area contributed by atoms with Crippen LogP contribution >= 0.6 is 0 Å². The van der Waals surface area contributed by atoms with Crippen LogP contribution in [0.25, 0.3) is 0 Å². The second-order valence-electron chi connectivity index (χ2n) is 6.16. The molecule has 25 heavy (non-hydrogen) atoms. The van der Waals surface area contributed by atoms with E-state index in [0.717, 1.165) is 11.1 Å². The molecule has 2 aromatic rings. The summed E-state index contributed by atoms with van der Waals surface area (Å²) >= 11 is 0. The predicted octanol–water partition coefficient (Wildman–Crippen LogP) is 3.50. The van der Waals surface area contributed by atoms with E-state index in [1.54, 1.807) is 6.92 Å². The molecule has 0 saturated carbocycles. The minimum absolute atomic E-state index is 0.0524. The van der Waals surface area contributed by atoms with Crippen molar-refractivity contribution in [3.63, 3.8) is 0 Å². The van der Waals surface area contributed by atoms with Crippen LogP contribution in [-0.4, -0.2) is 25.0 Å². The Kier molecular flexibility index (Phi) is 6.75. The van der Waals surface area contributed by atoms with Gasteiger partial charge < -0.3 is 10.1 Å². The average Bonchev–Trinajstić information content (AvgIpc) is 2.60. The van der Waals surface area contributed by atoms with Gasteiger partial charge in [0.05, 0.1) is 6.61 Å². The molecule has 132 valence electrons. The van der Waals surface area contributed by atoms with Crippen molar-refractivity contribution in [3.05, 3.63) is 70.8 Å². The lowest BCUT2D eigenvalue weighted by Crippen LogP contribution is -2.31. The van der Waals surface area contributed by atoms with Crippen molar-refractivity contribution in [2.24, 2.45) is 0 Å². The van der Waals surface area contributed by atoms with Crippen LogP contribution in [0.3, 0.4) is 0 Å². The number of rotatable bonds is 7. The van der Waals surface area contributed by atoms with Crippen molar-refractivity contribution < 1.29 is 14.3 Å². The Labute approximate surface area is 149 Å². The summed E-state index contributed by atoms with van der Waals surface area (Å²) in [6.07, 6.45) is 0.283. The van der Waals surface area contributed by atoms with Gasteiger partial charge in [0.1, 0.15) is 6.54 Å². The summed E-state index contributed by atoms with van der Waals surface area (Å²) in [5.41, 5.74) is 4.53. The van der Waals surface area contributed by atoms with E-state index in [-0.39, 0.29) is 24.8 Å². The fourth-order valence-corrected chi connectivity index (χ4v) is 2.67. The van der Waals surface area contributed by atoms with Crippen molar-refractivity contribution in [1.82, 2.24) is 5.32 Å². The third-order valence-corrected chi connectivity index (χ3v) is 4.08. The number of hydrogen-bond acceptors (Lipinski definition) is 3. The van der Waals surface area contributed by atoms with Gasteiger partial charge in [-0.05, 0) is 31.9 Å². The smallest absolute Gasteiger partial charge is 0.325 e. The Bertz CT molecular complexity index is 659. The third kappa shape index (κ3) is 5.75. The number of amides is 1. The van der Waals surface area contributed by atoms with E-state index in [2.05, 4.69) is 29.6 Å². The first-order valence-corrected chi connectivity index (χ1v) is 8.55. The SMILES string of the molecule is CCOC(=O)CNC(=O)CC(c1ccc(C)cc1)c1ccc(C)cc1. The number of carbonyl (C=O) groups is 2. The van der Waals surface area contributed by atoms with Gasteiger partial charge in [0.15, 0.2) is 0 Å². The second kappa shape index (κ2) is 9.02. The van der Waals surface area contributed by atoms with Crippen LogP contribution in [-0.2, 0) is 14.3 Å². The van der Waals surface area contributed by atoms with Gasteiger partial charge in [0.25, 0.3) is 0 Å². The van der Waals surface area contributed by atoms with Crippen LogP contribution in [0.1, 0.15) is 41.5 Å². The lowest BCUT2D eigenvalue weighted by Gasteiger charge is -2.18. The average molecular weight is 339 g/mol. The third-order valence-electron chi connectivity index (χ3n) is 4.08. The molecule has 1 N–H and O–H groups in total. The summed E-state index contributed by atoms with van der Waals surface area (Å²) in [6.45, 7) is 6.03. The Hall–Kier alpha value is -2.62. The Balaban J connectivity index is 2.14. The van der Waals surface area contributed by atoms with Crippen LogP contribution < -0.4 is 5.32 Å². The largest absolute Gasteiger partial charge is 0.465 e. The standard InChI is InChI=1S/C21H25NO3/c1-4-25-21(24)14-22-20(23)13-19(17-9-5-15(2)6-10-17)18-11-7-16(3)8-12-18/h5-12,19H,4,13-14H2,1-3H3,(H,22,23). The zero-order valence-corrected chi connectivity index (χ0v) is 15.0. The summed E-state index contributed by atoms with van der Waals surface area (Å²) < 4.78 is 4.84. The molecule has 1 amide bonds. The van der Waals surface area contributed by atoms with Crippen LogP contribution in [0.4, 0.5) is 0 Å². The molecule has 2 rings (SSSR count). The molecule has 0 aliphatic carbocycles. The fourth-order valence-electron chi connectivity index (χ4n) is 2.67. The number of nitrogens with one attached hydrogen (secondary N) is 1. The first-order valence-electron chi connectivity index (χ1n) is 8.55. The highest BCUT2D eigenvalue weighted by Gasteiger charge is 2.19. The highest BCUT2D eigenvalue weighted by atomic mass is 16.5. The van der Waals surface area contributed by atoms with Gasteiger partial charge >= 0.3 is 5.97 Å². The van der Waals surface area contributed by atoms with Gasteiger partial charge in [-0.15, -0.1) is 0 Å². The van der Waals surface area contributed by atoms with E-state index >= 15 is 0 Å². The molecule has 0 aliphatic heterocycles. The number of ether oxygens (including phenoxy) is 1. The highest BCUT2D eigenvalue weighted by molar-refractivity contribution is 5.82. The van der Waals surface area contributed by atoms with E-state index in [0.29, 0.717) is 6.61 Å². The van der Waals surface area contributed by atoms with E-state index in [1.165, 1.54) is 11.1 Å². The Morgan fingerprint density at radius 3 is 1.84 bits per heavy atom. The van der Waals surface area contributed by atoms with Gasteiger partial charge in [0.2, 0.25) is 5.91 Å². The van der Waals surface area contributed by atoms with Crippen molar-refractivity contribution in [1.29, 1.82) is 0 Å². The Morgan fingerprint density at radius 2 is 1.40 bits per heavy atom. The molecule has 4 heteroatoms. The van der Waals surface area contributed by atoms with Crippen LogP contribution in [0.5, 0.6) is 0 Å². The maximum absolute atomic E-state index is 12.3. The second-order valence-corrected chi connectivity index (χ2v) is 6.16. The molecular formula is C21H25NO3. The van der Waals surface area contributed by atoms with E-state index in [4.69, 9.17) is 4.74 Å². The van der Waals surface area contributed by atoms with E-state index < -0.39 is 5.97 Å². The molecular weight excluding hydrogens is 314 g/mol. The van der Waals surface area contributed by atoms with Crippen LogP contribution in [0.15, 0.2) is 48.5 Å². The molecule has 0 spiro atoms. The molecule has 2 aromatic carbocycles. The van der Waals surface area contributed by atoms with Gasteiger partial charge in [0, 0.05) is 12.3 Å². The maximum atomic E-state index is 12.3.